The molecule has 2 saturated heterocycles. The van der Waals surface area contributed by atoms with Gasteiger partial charge in [-0.3, -0.25) is 4.79 Å². The molecule has 3 aliphatic heterocycles. The largest absolute Gasteiger partial charge is 0.478 e. The van der Waals surface area contributed by atoms with Crippen molar-refractivity contribution in [3.8, 4) is 0 Å². The van der Waals surface area contributed by atoms with E-state index in [9.17, 15) is 27.9 Å². The lowest BCUT2D eigenvalue weighted by molar-refractivity contribution is -0.165. The first-order valence-electron chi connectivity index (χ1n) is 15.7. The quantitative estimate of drug-likeness (QED) is 0.330. The predicted molar refractivity (Wildman–Crippen MR) is 168 cm³/mol. The number of nitrogens with one attached hydrogen (secondary N) is 1. The van der Waals surface area contributed by atoms with Gasteiger partial charge in [-0.05, 0) is 67.0 Å². The normalized spacial score (nSPS) is 20.9. The van der Waals surface area contributed by atoms with Crippen molar-refractivity contribution in [2.75, 3.05) is 36.4 Å². The molecule has 0 bridgehead atoms. The Hall–Kier alpha value is -4.65. The number of aromatic nitrogens is 1. The summed E-state index contributed by atoms with van der Waals surface area (Å²) in [5, 5.41) is 11.7. The number of halogens is 3. The maximum Gasteiger partial charge on any atom is 0.415 e. The minimum Gasteiger partial charge on any atom is -0.478 e. The summed E-state index contributed by atoms with van der Waals surface area (Å²) in [6.07, 6.45) is -2.22. The molecule has 3 aliphatic rings. The third-order valence-electron chi connectivity index (χ3n) is 8.84. The zero-order valence-corrected chi connectivity index (χ0v) is 25.6. The van der Waals surface area contributed by atoms with Gasteiger partial charge >= 0.3 is 12.1 Å². The molecule has 1 aromatic heterocycles. The molecule has 2 fully saturated rings. The standard InChI is InChI=1S/C34H36F3N5O5/c35-34(36,37)30-29(47-33(40-30)42-15-11-24(12-16-42)23-6-2-1-3-7-23)31(43)39-26-9-10-28(38-20-26)41-17-13-27(14-18-41)46-21-22-5-4-8-25(19-22)32(44)45/h1-10,19-20,24,27,29-30H,11-18,21H2,(H,39,43)(H,44,45). The molecule has 13 heteroatoms. The van der Waals surface area contributed by atoms with Crippen LogP contribution in [0.4, 0.5) is 24.7 Å². The summed E-state index contributed by atoms with van der Waals surface area (Å²) in [5.74, 6) is -0.946. The van der Waals surface area contributed by atoms with E-state index >= 15 is 0 Å². The number of nitrogens with zero attached hydrogens (tertiary/aromatic N) is 4. The van der Waals surface area contributed by atoms with E-state index in [0.717, 1.165) is 31.2 Å². The lowest BCUT2D eigenvalue weighted by Gasteiger charge is -2.33. The Bertz CT molecular complexity index is 1570. The summed E-state index contributed by atoms with van der Waals surface area (Å²) < 4.78 is 53.5. The number of hydrogen-bond acceptors (Lipinski definition) is 8. The Morgan fingerprint density at radius 1 is 0.936 bits per heavy atom. The summed E-state index contributed by atoms with van der Waals surface area (Å²) in [7, 11) is 0. The molecule has 2 atom stereocenters. The Kier molecular flexibility index (Phi) is 9.62. The van der Waals surface area contributed by atoms with E-state index < -0.39 is 30.2 Å². The van der Waals surface area contributed by atoms with Gasteiger partial charge in [-0.1, -0.05) is 42.5 Å². The van der Waals surface area contributed by atoms with Crippen molar-refractivity contribution in [3.05, 3.63) is 89.6 Å². The van der Waals surface area contributed by atoms with Crippen molar-refractivity contribution in [3.63, 3.8) is 0 Å². The number of amides is 1. The fraction of sp³-hybridized carbons (Fsp3) is 0.412. The smallest absolute Gasteiger partial charge is 0.415 e. The second kappa shape index (κ2) is 14.0. The maximum atomic E-state index is 14.0. The van der Waals surface area contributed by atoms with E-state index in [1.165, 1.54) is 17.8 Å². The lowest BCUT2D eigenvalue weighted by Crippen LogP contribution is -2.45. The highest BCUT2D eigenvalue weighted by molar-refractivity contribution is 5.97. The Morgan fingerprint density at radius 2 is 1.66 bits per heavy atom. The molecule has 0 saturated carbocycles. The molecule has 2 unspecified atom stereocenters. The van der Waals surface area contributed by atoms with Crippen LogP contribution in [0.5, 0.6) is 0 Å². The highest BCUT2D eigenvalue weighted by Gasteiger charge is 2.54. The van der Waals surface area contributed by atoms with E-state index in [0.29, 0.717) is 44.5 Å². The Morgan fingerprint density at radius 3 is 2.32 bits per heavy atom. The summed E-state index contributed by atoms with van der Waals surface area (Å²) in [5.41, 5.74) is 2.46. The molecule has 0 aliphatic carbocycles. The number of hydrogen-bond donors (Lipinski definition) is 2. The molecule has 47 heavy (non-hydrogen) atoms. The van der Waals surface area contributed by atoms with Gasteiger partial charge in [0.05, 0.1) is 30.2 Å². The molecular formula is C34H36F3N5O5. The Balaban J connectivity index is 0.994. The highest BCUT2D eigenvalue weighted by Crippen LogP contribution is 2.34. The van der Waals surface area contributed by atoms with E-state index in [4.69, 9.17) is 9.47 Å². The van der Waals surface area contributed by atoms with Crippen LogP contribution < -0.4 is 10.2 Å². The number of carbonyl (C=O) groups excluding carboxylic acids is 1. The molecular weight excluding hydrogens is 615 g/mol. The van der Waals surface area contributed by atoms with E-state index in [1.54, 1.807) is 29.2 Å². The number of ether oxygens (including phenoxy) is 2. The predicted octanol–water partition coefficient (Wildman–Crippen LogP) is 5.47. The fourth-order valence-corrected chi connectivity index (χ4v) is 6.24. The molecule has 0 radical (unpaired) electrons. The van der Waals surface area contributed by atoms with Gasteiger partial charge in [-0.15, -0.1) is 0 Å². The van der Waals surface area contributed by atoms with Crippen LogP contribution in [0, 0.1) is 0 Å². The number of benzene rings is 2. The van der Waals surface area contributed by atoms with Crippen molar-refractivity contribution in [1.82, 2.24) is 9.88 Å². The number of rotatable bonds is 8. The second-order valence-corrected chi connectivity index (χ2v) is 12.0. The van der Waals surface area contributed by atoms with Gasteiger partial charge in [-0.25, -0.2) is 14.8 Å². The van der Waals surface area contributed by atoms with Crippen molar-refractivity contribution >= 4 is 29.4 Å². The average molecular weight is 652 g/mol. The average Bonchev–Trinajstić information content (AvgIpc) is 3.56. The molecule has 4 heterocycles. The van der Waals surface area contributed by atoms with Gasteiger partial charge in [0.2, 0.25) is 6.10 Å². The number of piperidine rings is 2. The minimum absolute atomic E-state index is 0.00798. The number of aliphatic imine (C=N–C) groups is 1. The van der Waals surface area contributed by atoms with Crippen LogP contribution in [0.1, 0.15) is 53.1 Å². The van der Waals surface area contributed by atoms with Crippen LogP contribution >= 0.6 is 0 Å². The van der Waals surface area contributed by atoms with Gasteiger partial charge < -0.3 is 29.7 Å². The highest BCUT2D eigenvalue weighted by atomic mass is 19.4. The first-order chi connectivity index (χ1) is 22.6. The van der Waals surface area contributed by atoms with Crippen LogP contribution in [0.2, 0.25) is 0 Å². The van der Waals surface area contributed by atoms with E-state index in [2.05, 4.69) is 32.3 Å². The first-order valence-corrected chi connectivity index (χ1v) is 15.7. The van der Waals surface area contributed by atoms with Gasteiger partial charge in [0.1, 0.15) is 5.82 Å². The monoisotopic (exact) mass is 651 g/mol. The molecule has 1 amide bonds. The first kappa shape index (κ1) is 32.3. The number of pyridine rings is 1. The molecule has 2 aromatic carbocycles. The van der Waals surface area contributed by atoms with E-state index in [-0.39, 0.29) is 23.4 Å². The number of likely N-dealkylation sites (tertiary alicyclic amines) is 1. The second-order valence-electron chi connectivity index (χ2n) is 12.0. The number of carboxylic acids is 1. The van der Waals surface area contributed by atoms with Gasteiger partial charge in [-0.2, -0.15) is 13.2 Å². The molecule has 10 nitrogen and oxygen atoms in total. The molecule has 0 spiro atoms. The number of amidine groups is 1. The summed E-state index contributed by atoms with van der Waals surface area (Å²) >= 11 is 0. The molecule has 3 aromatic rings. The molecule has 2 N–H and O–H groups in total. The molecule has 6 rings (SSSR count). The third-order valence-corrected chi connectivity index (χ3v) is 8.84. The van der Waals surface area contributed by atoms with Gasteiger partial charge in [0.25, 0.3) is 11.9 Å². The summed E-state index contributed by atoms with van der Waals surface area (Å²) in [6.45, 7) is 2.62. The van der Waals surface area contributed by atoms with Gasteiger partial charge in [0, 0.05) is 26.2 Å². The summed E-state index contributed by atoms with van der Waals surface area (Å²) in [4.78, 5) is 36.3. The van der Waals surface area contributed by atoms with Gasteiger partial charge in [0.15, 0.2) is 6.04 Å². The summed E-state index contributed by atoms with van der Waals surface area (Å²) in [6, 6.07) is 17.5. The number of anilines is 2. The zero-order valence-electron chi connectivity index (χ0n) is 25.6. The number of aromatic carboxylic acids is 1. The SMILES string of the molecule is O=C(O)c1cccc(COC2CCN(c3ccc(NC(=O)C4OC(N5CCC(c6ccccc6)CC5)=NC4C(F)(F)F)cn3)CC2)c1. The van der Waals surface area contributed by atoms with Crippen LogP contribution in [-0.4, -0.2) is 83.5 Å². The number of carboxylic acid groups (broad SMARTS) is 1. The zero-order chi connectivity index (χ0) is 33.0. The van der Waals surface area contributed by atoms with Crippen molar-refractivity contribution in [1.29, 1.82) is 0 Å². The molecule has 248 valence electrons. The maximum absolute atomic E-state index is 14.0. The van der Waals surface area contributed by atoms with Crippen LogP contribution in [0.15, 0.2) is 77.9 Å². The fourth-order valence-electron chi connectivity index (χ4n) is 6.24. The lowest BCUT2D eigenvalue weighted by atomic mass is 9.90. The van der Waals surface area contributed by atoms with Crippen LogP contribution in [0.25, 0.3) is 0 Å². The minimum atomic E-state index is -4.76. The van der Waals surface area contributed by atoms with Crippen LogP contribution in [0.3, 0.4) is 0 Å². The van der Waals surface area contributed by atoms with Crippen molar-refractivity contribution in [2.45, 2.75) is 62.6 Å². The van der Waals surface area contributed by atoms with E-state index in [1.807, 2.05) is 24.3 Å². The van der Waals surface area contributed by atoms with Crippen LogP contribution in [-0.2, 0) is 20.9 Å². The third kappa shape index (κ3) is 7.84. The van der Waals surface area contributed by atoms with Crippen molar-refractivity contribution in [2.24, 2.45) is 4.99 Å². The number of alkyl halides is 3. The Labute approximate surface area is 270 Å². The van der Waals surface area contributed by atoms with Crippen molar-refractivity contribution < 1.29 is 37.3 Å². The number of carbonyl (C=O) groups is 2. The topological polar surface area (TPSA) is 117 Å².